The maximum Gasteiger partial charge on any atom is 0.192 e. The van der Waals surface area contributed by atoms with E-state index in [0.29, 0.717) is 11.1 Å². The predicted octanol–water partition coefficient (Wildman–Crippen LogP) is 4.51. The average molecular weight is 226 g/mol. The zero-order valence-electron chi connectivity index (χ0n) is 11.0. The van der Waals surface area contributed by atoms with Gasteiger partial charge in [0.2, 0.25) is 0 Å². The predicted molar refractivity (Wildman–Crippen MR) is 69.7 cm³/mol. The van der Waals surface area contributed by atoms with Crippen LogP contribution in [0.15, 0.2) is 12.2 Å². The van der Waals surface area contributed by atoms with E-state index in [9.17, 15) is 0 Å². The van der Waals surface area contributed by atoms with Crippen molar-refractivity contribution < 1.29 is 4.43 Å². The molecule has 1 nitrogen and oxygen atoms in total. The highest BCUT2D eigenvalue weighted by molar-refractivity contribution is 6.74. The minimum atomic E-state index is -1.56. The van der Waals surface area contributed by atoms with Gasteiger partial charge in [-0.3, -0.25) is 0 Å². The van der Waals surface area contributed by atoms with E-state index >= 15 is 0 Å². The number of hydrogen-bond donors (Lipinski definition) is 0. The van der Waals surface area contributed by atoms with Gasteiger partial charge in [-0.25, -0.2) is 0 Å². The van der Waals surface area contributed by atoms with Crippen molar-refractivity contribution in [3.8, 4) is 0 Å². The second-order valence-electron chi connectivity index (χ2n) is 6.35. The Morgan fingerprint density at radius 3 is 2.40 bits per heavy atom. The van der Waals surface area contributed by atoms with Crippen LogP contribution in [0.1, 0.15) is 46.5 Å². The molecule has 0 spiro atoms. The van der Waals surface area contributed by atoms with Gasteiger partial charge in [0.1, 0.15) is 0 Å². The summed E-state index contributed by atoms with van der Waals surface area (Å²) in [4.78, 5) is 0. The maximum absolute atomic E-state index is 6.39. The highest BCUT2D eigenvalue weighted by Crippen LogP contribution is 2.39. The van der Waals surface area contributed by atoms with Crippen molar-refractivity contribution >= 4 is 8.32 Å². The van der Waals surface area contributed by atoms with Crippen molar-refractivity contribution in [3.05, 3.63) is 12.2 Å². The van der Waals surface area contributed by atoms with Gasteiger partial charge < -0.3 is 4.43 Å². The van der Waals surface area contributed by atoms with Gasteiger partial charge in [-0.1, -0.05) is 32.9 Å². The summed E-state index contributed by atoms with van der Waals surface area (Å²) in [5.74, 6) is 0. The molecule has 0 bridgehead atoms. The maximum atomic E-state index is 6.39. The first-order valence-corrected chi connectivity index (χ1v) is 8.98. The van der Waals surface area contributed by atoms with E-state index < -0.39 is 8.32 Å². The third-order valence-electron chi connectivity index (χ3n) is 3.84. The van der Waals surface area contributed by atoms with Crippen molar-refractivity contribution in [3.63, 3.8) is 0 Å². The lowest BCUT2D eigenvalue weighted by molar-refractivity contribution is 0.156. The van der Waals surface area contributed by atoms with Crippen LogP contribution in [0.2, 0.25) is 18.1 Å². The smallest absolute Gasteiger partial charge is 0.192 e. The molecule has 0 aromatic heterocycles. The highest BCUT2D eigenvalue weighted by atomic mass is 28.4. The summed E-state index contributed by atoms with van der Waals surface area (Å²) in [6.07, 6.45) is 5.24. The number of hydrogen-bond acceptors (Lipinski definition) is 1. The summed E-state index contributed by atoms with van der Waals surface area (Å²) >= 11 is 0. The van der Waals surface area contributed by atoms with Gasteiger partial charge in [0.05, 0.1) is 0 Å². The van der Waals surface area contributed by atoms with E-state index in [2.05, 4.69) is 40.4 Å². The SMILES string of the molecule is C=C1CCCC(O[Si](C)(C)C(C)(C)C)C1. The van der Waals surface area contributed by atoms with Gasteiger partial charge in [-0.15, -0.1) is 0 Å². The molecule has 2 heteroatoms. The quantitative estimate of drug-likeness (QED) is 0.497. The Balaban J connectivity index is 2.57. The van der Waals surface area contributed by atoms with Crippen LogP contribution in [-0.2, 0) is 4.43 Å². The van der Waals surface area contributed by atoms with Gasteiger partial charge >= 0.3 is 0 Å². The Morgan fingerprint density at radius 2 is 1.93 bits per heavy atom. The van der Waals surface area contributed by atoms with E-state index in [0.717, 1.165) is 6.42 Å². The van der Waals surface area contributed by atoms with Gasteiger partial charge in [0, 0.05) is 6.10 Å². The highest BCUT2D eigenvalue weighted by Gasteiger charge is 2.39. The summed E-state index contributed by atoms with van der Waals surface area (Å²) in [6.45, 7) is 15.7. The Labute approximate surface area is 96.0 Å². The zero-order valence-corrected chi connectivity index (χ0v) is 12.0. The third-order valence-corrected chi connectivity index (χ3v) is 8.38. The van der Waals surface area contributed by atoms with Gasteiger partial charge in [0.15, 0.2) is 8.32 Å². The molecule has 1 aliphatic carbocycles. The van der Waals surface area contributed by atoms with E-state index in [4.69, 9.17) is 4.43 Å². The lowest BCUT2D eigenvalue weighted by Gasteiger charge is -2.40. The lowest BCUT2D eigenvalue weighted by Crippen LogP contribution is -2.44. The molecule has 15 heavy (non-hydrogen) atoms. The fourth-order valence-electron chi connectivity index (χ4n) is 1.80. The Kier molecular flexibility index (Phi) is 3.83. The van der Waals surface area contributed by atoms with Crippen molar-refractivity contribution in [2.24, 2.45) is 0 Å². The molecule has 1 saturated carbocycles. The molecule has 0 radical (unpaired) electrons. The summed E-state index contributed by atoms with van der Waals surface area (Å²) in [6, 6.07) is 0. The Morgan fingerprint density at radius 1 is 1.33 bits per heavy atom. The minimum Gasteiger partial charge on any atom is -0.414 e. The summed E-state index contributed by atoms with van der Waals surface area (Å²) in [5.41, 5.74) is 1.38. The first-order chi connectivity index (χ1) is 6.72. The molecule has 1 aliphatic rings. The van der Waals surface area contributed by atoms with Crippen LogP contribution in [0.4, 0.5) is 0 Å². The lowest BCUT2D eigenvalue weighted by atomic mass is 9.94. The zero-order chi connectivity index (χ0) is 11.7. The topological polar surface area (TPSA) is 9.23 Å². The Hall–Kier alpha value is -0.0831. The number of rotatable bonds is 2. The summed E-state index contributed by atoms with van der Waals surface area (Å²) in [7, 11) is -1.56. The standard InChI is InChI=1S/C13H26OSi/c1-11-8-7-9-12(10-11)14-15(5,6)13(2,3)4/h12H,1,7-10H2,2-6H3. The van der Waals surface area contributed by atoms with Crippen molar-refractivity contribution in [1.29, 1.82) is 0 Å². The van der Waals surface area contributed by atoms with Crippen LogP contribution in [-0.4, -0.2) is 14.4 Å². The summed E-state index contributed by atoms with van der Waals surface area (Å²) in [5, 5.41) is 0.325. The molecule has 0 N–H and O–H groups in total. The van der Waals surface area contributed by atoms with Gasteiger partial charge in [0.25, 0.3) is 0 Å². The molecule has 0 saturated heterocycles. The molecule has 0 amide bonds. The van der Waals surface area contributed by atoms with Crippen molar-refractivity contribution in [1.82, 2.24) is 0 Å². The van der Waals surface area contributed by atoms with E-state index in [1.807, 2.05) is 0 Å². The minimum absolute atomic E-state index is 0.325. The molecule has 0 heterocycles. The van der Waals surface area contributed by atoms with Crippen molar-refractivity contribution in [2.45, 2.75) is 70.7 Å². The summed E-state index contributed by atoms with van der Waals surface area (Å²) < 4.78 is 6.39. The van der Waals surface area contributed by atoms with E-state index in [-0.39, 0.29) is 0 Å². The normalized spacial score (nSPS) is 24.3. The first kappa shape index (κ1) is 13.0. The molecular formula is C13H26OSi. The second kappa shape index (κ2) is 4.42. The molecule has 1 atom stereocenters. The fourth-order valence-corrected chi connectivity index (χ4v) is 3.19. The first-order valence-electron chi connectivity index (χ1n) is 6.07. The van der Waals surface area contributed by atoms with E-state index in [1.54, 1.807) is 0 Å². The molecule has 1 rings (SSSR count). The molecule has 88 valence electrons. The molecular weight excluding hydrogens is 200 g/mol. The molecule has 0 aromatic carbocycles. The second-order valence-corrected chi connectivity index (χ2v) is 11.1. The molecule has 1 fully saturated rings. The average Bonchev–Trinajstić information content (AvgIpc) is 2.00. The van der Waals surface area contributed by atoms with Crippen LogP contribution in [0.3, 0.4) is 0 Å². The van der Waals surface area contributed by atoms with Crippen molar-refractivity contribution in [2.75, 3.05) is 0 Å². The Bertz CT molecular complexity index is 237. The largest absolute Gasteiger partial charge is 0.414 e. The molecule has 0 aliphatic heterocycles. The molecule has 1 unspecified atom stereocenters. The van der Waals surface area contributed by atoms with Crippen LogP contribution in [0.25, 0.3) is 0 Å². The van der Waals surface area contributed by atoms with Gasteiger partial charge in [-0.2, -0.15) is 0 Å². The van der Waals surface area contributed by atoms with Crippen LogP contribution >= 0.6 is 0 Å². The third kappa shape index (κ3) is 3.46. The van der Waals surface area contributed by atoms with Crippen LogP contribution in [0, 0.1) is 0 Å². The van der Waals surface area contributed by atoms with Crippen LogP contribution in [0.5, 0.6) is 0 Å². The fraction of sp³-hybridized carbons (Fsp3) is 0.846. The monoisotopic (exact) mass is 226 g/mol. The van der Waals surface area contributed by atoms with Crippen LogP contribution < -0.4 is 0 Å². The van der Waals surface area contributed by atoms with Gasteiger partial charge in [-0.05, 0) is 43.8 Å². The molecule has 0 aromatic rings. The van der Waals surface area contributed by atoms with E-state index in [1.165, 1.54) is 24.8 Å².